The van der Waals surface area contributed by atoms with Crippen molar-refractivity contribution in [3.8, 4) is 0 Å². The maximum atomic E-state index is 12.6. The zero-order valence-electron chi connectivity index (χ0n) is 14.4. The number of primary amides is 1. The third kappa shape index (κ3) is 3.56. The molecule has 4 rings (SSSR count). The van der Waals surface area contributed by atoms with Crippen molar-refractivity contribution in [2.45, 2.75) is 50.5 Å². The van der Waals surface area contributed by atoms with E-state index in [0.717, 1.165) is 38.5 Å². The van der Waals surface area contributed by atoms with Crippen molar-refractivity contribution in [1.82, 2.24) is 9.88 Å². The fraction of sp³-hybridized carbons (Fsp3) is 0.722. The van der Waals surface area contributed by atoms with Gasteiger partial charge in [0.1, 0.15) is 6.26 Å². The van der Waals surface area contributed by atoms with E-state index in [9.17, 15) is 9.59 Å². The highest BCUT2D eigenvalue weighted by molar-refractivity contribution is 5.92. The van der Waals surface area contributed by atoms with Gasteiger partial charge in [0.15, 0.2) is 11.6 Å². The largest absolute Gasteiger partial charge is 0.448 e. The summed E-state index contributed by atoms with van der Waals surface area (Å²) in [5, 5.41) is 0. The molecule has 0 unspecified atom stereocenters. The predicted molar refractivity (Wildman–Crippen MR) is 88.8 cm³/mol. The number of piperidine rings is 1. The molecule has 0 bridgehead atoms. The monoisotopic (exact) mass is 347 g/mol. The molecule has 1 aromatic rings. The van der Waals surface area contributed by atoms with Crippen molar-refractivity contribution in [2.24, 2.45) is 17.6 Å². The molecule has 0 radical (unpaired) electrons. The number of hydrogen-bond acceptors (Lipinski definition) is 5. The molecule has 1 aliphatic carbocycles. The van der Waals surface area contributed by atoms with E-state index in [-0.39, 0.29) is 23.8 Å². The number of aromatic nitrogens is 1. The smallest absolute Gasteiger partial charge is 0.275 e. The van der Waals surface area contributed by atoms with Crippen molar-refractivity contribution in [3.05, 3.63) is 17.8 Å². The van der Waals surface area contributed by atoms with Gasteiger partial charge in [-0.2, -0.15) is 0 Å². The van der Waals surface area contributed by atoms with Crippen molar-refractivity contribution in [3.63, 3.8) is 0 Å². The summed E-state index contributed by atoms with van der Waals surface area (Å²) in [5.41, 5.74) is 5.88. The standard InChI is InChI=1S/C18H25N3O4/c19-16(22)13-5-8-24-15(13)9-11-3-6-21(7-4-11)18(23)14-10-25-17(20-14)12-1-2-12/h10-13,15H,1-9H2,(H2,19,22)/t13-,15-/m1/s1. The number of hydrogen-bond donors (Lipinski definition) is 1. The zero-order valence-corrected chi connectivity index (χ0v) is 14.4. The summed E-state index contributed by atoms with van der Waals surface area (Å²) in [5.74, 6) is 1.13. The molecular formula is C18H25N3O4. The molecule has 2 aliphatic heterocycles. The number of carbonyl (C=O) groups excluding carboxylic acids is 2. The van der Waals surface area contributed by atoms with Gasteiger partial charge in [-0.3, -0.25) is 9.59 Å². The Bertz CT molecular complexity index is 647. The normalized spacial score (nSPS) is 27.6. The molecule has 25 heavy (non-hydrogen) atoms. The first kappa shape index (κ1) is 16.6. The van der Waals surface area contributed by atoms with Crippen LogP contribution in [0.3, 0.4) is 0 Å². The van der Waals surface area contributed by atoms with E-state index in [2.05, 4.69) is 4.98 Å². The molecule has 0 spiro atoms. The summed E-state index contributed by atoms with van der Waals surface area (Å²) >= 11 is 0. The van der Waals surface area contributed by atoms with Crippen LogP contribution in [0.15, 0.2) is 10.7 Å². The Kier molecular flexibility index (Phi) is 4.50. The van der Waals surface area contributed by atoms with Gasteiger partial charge in [-0.25, -0.2) is 4.98 Å². The minimum Gasteiger partial charge on any atom is -0.448 e. The number of amides is 2. The fourth-order valence-corrected chi connectivity index (χ4v) is 3.97. The molecule has 7 nitrogen and oxygen atoms in total. The third-order valence-corrected chi connectivity index (χ3v) is 5.71. The van der Waals surface area contributed by atoms with Crippen LogP contribution in [0, 0.1) is 11.8 Å². The highest BCUT2D eigenvalue weighted by Gasteiger charge is 2.36. The van der Waals surface area contributed by atoms with Gasteiger partial charge in [0.05, 0.1) is 12.0 Å². The summed E-state index contributed by atoms with van der Waals surface area (Å²) in [6, 6.07) is 0. The SMILES string of the molecule is NC(=O)[C@@H]1CCO[C@@H]1CC1CCN(C(=O)c2coc(C3CC3)n2)CC1. The Hall–Kier alpha value is -1.89. The Morgan fingerprint density at radius 3 is 2.64 bits per heavy atom. The van der Waals surface area contributed by atoms with Gasteiger partial charge < -0.3 is 19.8 Å². The number of nitrogens with zero attached hydrogens (tertiary/aromatic N) is 2. The maximum absolute atomic E-state index is 12.6. The van der Waals surface area contributed by atoms with Gasteiger partial charge in [-0.1, -0.05) is 0 Å². The van der Waals surface area contributed by atoms with Crippen LogP contribution in [0.25, 0.3) is 0 Å². The van der Waals surface area contributed by atoms with Gasteiger partial charge in [0.25, 0.3) is 5.91 Å². The first-order chi connectivity index (χ1) is 12.1. The Labute approximate surface area is 146 Å². The number of likely N-dealkylation sites (tertiary alicyclic amines) is 1. The molecule has 2 amide bonds. The molecule has 0 aromatic carbocycles. The van der Waals surface area contributed by atoms with Gasteiger partial charge in [0, 0.05) is 25.6 Å². The molecule has 2 atom stereocenters. The lowest BCUT2D eigenvalue weighted by atomic mass is 9.86. The molecule has 1 saturated carbocycles. The van der Waals surface area contributed by atoms with E-state index in [1.54, 1.807) is 0 Å². The number of ether oxygens (including phenoxy) is 1. The fourth-order valence-electron chi connectivity index (χ4n) is 3.97. The Balaban J connectivity index is 1.28. The highest BCUT2D eigenvalue weighted by Crippen LogP contribution is 2.39. The molecule has 1 aromatic heterocycles. The third-order valence-electron chi connectivity index (χ3n) is 5.71. The topological polar surface area (TPSA) is 98.7 Å². The van der Waals surface area contributed by atoms with E-state index < -0.39 is 0 Å². The van der Waals surface area contributed by atoms with Crippen LogP contribution in [0.5, 0.6) is 0 Å². The van der Waals surface area contributed by atoms with Crippen LogP contribution in [-0.2, 0) is 9.53 Å². The van der Waals surface area contributed by atoms with E-state index >= 15 is 0 Å². The summed E-state index contributed by atoms with van der Waals surface area (Å²) in [6.07, 6.45) is 7.07. The van der Waals surface area contributed by atoms with Crippen molar-refractivity contribution in [2.75, 3.05) is 19.7 Å². The average molecular weight is 347 g/mol. The molecule has 2 saturated heterocycles. The quantitative estimate of drug-likeness (QED) is 0.874. The second-order valence-electron chi connectivity index (χ2n) is 7.52. The van der Waals surface area contributed by atoms with Crippen molar-refractivity contribution < 1.29 is 18.7 Å². The van der Waals surface area contributed by atoms with Gasteiger partial charge in [-0.05, 0) is 44.4 Å². The second kappa shape index (κ2) is 6.78. The van der Waals surface area contributed by atoms with E-state index in [1.165, 1.54) is 6.26 Å². The first-order valence-corrected chi connectivity index (χ1v) is 9.27. The highest BCUT2D eigenvalue weighted by atomic mass is 16.5. The molecule has 7 heteroatoms. The minimum atomic E-state index is -0.257. The average Bonchev–Trinajstić information content (AvgIpc) is 3.16. The van der Waals surface area contributed by atoms with Crippen LogP contribution in [0.2, 0.25) is 0 Å². The van der Waals surface area contributed by atoms with Crippen molar-refractivity contribution >= 4 is 11.8 Å². The van der Waals surface area contributed by atoms with Crippen LogP contribution in [0.1, 0.15) is 60.8 Å². The number of carbonyl (C=O) groups is 2. The Morgan fingerprint density at radius 2 is 1.96 bits per heavy atom. The lowest BCUT2D eigenvalue weighted by Crippen LogP contribution is -2.40. The summed E-state index contributed by atoms with van der Waals surface area (Å²) in [7, 11) is 0. The van der Waals surface area contributed by atoms with Crippen LogP contribution >= 0.6 is 0 Å². The Morgan fingerprint density at radius 1 is 1.20 bits per heavy atom. The molecule has 3 fully saturated rings. The molecular weight excluding hydrogens is 322 g/mol. The number of nitrogens with two attached hydrogens (primary N) is 1. The van der Waals surface area contributed by atoms with Gasteiger partial charge in [0.2, 0.25) is 5.91 Å². The predicted octanol–water partition coefficient (Wildman–Crippen LogP) is 1.68. The number of rotatable bonds is 5. The van der Waals surface area contributed by atoms with E-state index in [4.69, 9.17) is 14.9 Å². The molecule has 3 heterocycles. The lowest BCUT2D eigenvalue weighted by Gasteiger charge is -2.33. The van der Waals surface area contributed by atoms with Gasteiger partial charge in [-0.15, -0.1) is 0 Å². The molecule has 2 N–H and O–H groups in total. The minimum absolute atomic E-state index is 0.0405. The number of oxazole rings is 1. The molecule has 3 aliphatic rings. The lowest BCUT2D eigenvalue weighted by molar-refractivity contribution is -0.123. The maximum Gasteiger partial charge on any atom is 0.275 e. The van der Waals surface area contributed by atoms with E-state index in [0.29, 0.717) is 43.1 Å². The van der Waals surface area contributed by atoms with Crippen LogP contribution in [-0.4, -0.2) is 47.5 Å². The second-order valence-corrected chi connectivity index (χ2v) is 7.52. The van der Waals surface area contributed by atoms with Gasteiger partial charge >= 0.3 is 0 Å². The summed E-state index contributed by atoms with van der Waals surface area (Å²) in [6.45, 7) is 2.04. The van der Waals surface area contributed by atoms with E-state index in [1.807, 2.05) is 4.90 Å². The van der Waals surface area contributed by atoms with Crippen LogP contribution in [0.4, 0.5) is 0 Å². The summed E-state index contributed by atoms with van der Waals surface area (Å²) in [4.78, 5) is 30.2. The van der Waals surface area contributed by atoms with Crippen molar-refractivity contribution in [1.29, 1.82) is 0 Å². The summed E-state index contributed by atoms with van der Waals surface area (Å²) < 4.78 is 11.1. The first-order valence-electron chi connectivity index (χ1n) is 9.27. The van der Waals surface area contributed by atoms with Crippen LogP contribution < -0.4 is 5.73 Å². The zero-order chi connectivity index (χ0) is 17.4. The molecule has 136 valence electrons.